The third kappa shape index (κ3) is 4.08. The van der Waals surface area contributed by atoms with Gasteiger partial charge in [-0.15, -0.1) is 0 Å². The molecule has 21 heavy (non-hydrogen) atoms. The lowest BCUT2D eigenvalue weighted by molar-refractivity contribution is -0.133. The number of carbonyl (C=O) groups is 1. The molecular weight excluding hydrogens is 268 g/mol. The zero-order chi connectivity index (χ0) is 15.2. The first-order valence-corrected chi connectivity index (χ1v) is 7.87. The number of likely N-dealkylation sites (tertiary alicyclic amines) is 1. The fourth-order valence-corrected chi connectivity index (χ4v) is 3.00. The summed E-state index contributed by atoms with van der Waals surface area (Å²) in [4.78, 5) is 13.8. The van der Waals surface area contributed by atoms with Gasteiger partial charge in [0.1, 0.15) is 18.1 Å². The average molecular weight is 294 g/mol. The van der Waals surface area contributed by atoms with Gasteiger partial charge >= 0.3 is 0 Å². The molecule has 0 unspecified atom stereocenters. The van der Waals surface area contributed by atoms with Crippen molar-refractivity contribution in [2.45, 2.75) is 52.3 Å². The molecule has 1 amide bonds. The summed E-state index contributed by atoms with van der Waals surface area (Å²) in [5.41, 5.74) is 0. The minimum Gasteiger partial charge on any atom is -0.462 e. The van der Waals surface area contributed by atoms with Gasteiger partial charge in [-0.05, 0) is 24.5 Å². The zero-order valence-corrected chi connectivity index (χ0v) is 13.0. The number of nitrogens with one attached hydrogen (secondary N) is 1. The maximum atomic E-state index is 11.8. The maximum Gasteiger partial charge on any atom is 0.222 e. The van der Waals surface area contributed by atoms with Crippen LogP contribution in [-0.4, -0.2) is 35.0 Å². The maximum absolute atomic E-state index is 11.8. The summed E-state index contributed by atoms with van der Waals surface area (Å²) >= 11 is 0. The van der Waals surface area contributed by atoms with Crippen LogP contribution >= 0.6 is 0 Å². The summed E-state index contributed by atoms with van der Waals surface area (Å²) in [5.74, 6) is 2.19. The molecule has 0 spiro atoms. The first-order valence-electron chi connectivity index (χ1n) is 7.87. The lowest BCUT2D eigenvalue weighted by Crippen LogP contribution is -2.50. The summed E-state index contributed by atoms with van der Waals surface area (Å²) in [7, 11) is 0. The van der Waals surface area contributed by atoms with Crippen molar-refractivity contribution in [3.8, 4) is 0 Å². The van der Waals surface area contributed by atoms with Crippen LogP contribution in [0.2, 0.25) is 0 Å². The topological polar surface area (TPSA) is 65.7 Å². The molecule has 5 nitrogen and oxygen atoms in total. The van der Waals surface area contributed by atoms with Gasteiger partial charge in [-0.2, -0.15) is 0 Å². The van der Waals surface area contributed by atoms with Crippen molar-refractivity contribution in [2.75, 3.05) is 13.1 Å². The minimum atomic E-state index is -0.0604. The van der Waals surface area contributed by atoms with Crippen LogP contribution < -0.4 is 5.32 Å². The highest BCUT2D eigenvalue weighted by Gasteiger charge is 2.29. The molecule has 0 bridgehead atoms. The predicted molar refractivity (Wildman–Crippen MR) is 80.5 cm³/mol. The van der Waals surface area contributed by atoms with Crippen molar-refractivity contribution >= 4 is 5.91 Å². The van der Waals surface area contributed by atoms with Crippen molar-refractivity contribution in [2.24, 2.45) is 5.92 Å². The van der Waals surface area contributed by atoms with E-state index in [0.717, 1.165) is 31.7 Å². The molecule has 1 aromatic rings. The van der Waals surface area contributed by atoms with Crippen LogP contribution in [-0.2, 0) is 17.9 Å². The van der Waals surface area contributed by atoms with Gasteiger partial charge in [0.15, 0.2) is 0 Å². The smallest absolute Gasteiger partial charge is 0.222 e. The van der Waals surface area contributed by atoms with E-state index in [1.54, 1.807) is 6.07 Å². The molecular formula is C16H26N2O3. The van der Waals surface area contributed by atoms with Crippen molar-refractivity contribution in [1.29, 1.82) is 0 Å². The van der Waals surface area contributed by atoms with E-state index in [1.807, 2.05) is 17.9 Å². The number of piperidine rings is 1. The highest BCUT2D eigenvalue weighted by molar-refractivity contribution is 5.75. The number of hydrogen-bond acceptors (Lipinski definition) is 4. The number of hydrogen-bond donors (Lipinski definition) is 2. The molecule has 2 heterocycles. The summed E-state index contributed by atoms with van der Waals surface area (Å²) < 4.78 is 5.49. The van der Waals surface area contributed by atoms with E-state index in [-0.39, 0.29) is 12.5 Å². The van der Waals surface area contributed by atoms with E-state index in [4.69, 9.17) is 9.52 Å². The van der Waals surface area contributed by atoms with Crippen molar-refractivity contribution < 1.29 is 14.3 Å². The predicted octanol–water partition coefficient (Wildman–Crippen LogP) is 1.90. The minimum absolute atomic E-state index is 0.0604. The Balaban J connectivity index is 1.86. The van der Waals surface area contributed by atoms with E-state index in [9.17, 15) is 4.79 Å². The summed E-state index contributed by atoms with van der Waals surface area (Å²) in [6.07, 6.45) is 2.63. The highest BCUT2D eigenvalue weighted by atomic mass is 16.4. The lowest BCUT2D eigenvalue weighted by atomic mass is 9.89. The summed E-state index contributed by atoms with van der Waals surface area (Å²) in [6.45, 7) is 6.39. The van der Waals surface area contributed by atoms with Gasteiger partial charge in [-0.3, -0.25) is 4.79 Å². The van der Waals surface area contributed by atoms with Crippen LogP contribution in [0.15, 0.2) is 16.5 Å². The number of amides is 1. The molecule has 2 N–H and O–H groups in total. The van der Waals surface area contributed by atoms with E-state index in [0.29, 0.717) is 30.7 Å². The Bertz CT molecular complexity index is 458. The van der Waals surface area contributed by atoms with Gasteiger partial charge < -0.3 is 19.7 Å². The van der Waals surface area contributed by atoms with Crippen molar-refractivity contribution in [3.63, 3.8) is 0 Å². The summed E-state index contributed by atoms with van der Waals surface area (Å²) in [5, 5.41) is 12.5. The number of aliphatic hydroxyl groups excluding tert-OH is 1. The second-order valence-electron chi connectivity index (χ2n) is 5.66. The Labute approximate surface area is 126 Å². The number of aliphatic hydroxyl groups is 1. The lowest BCUT2D eigenvalue weighted by Gasteiger charge is -2.38. The first kappa shape index (κ1) is 16.0. The van der Waals surface area contributed by atoms with E-state index < -0.39 is 0 Å². The molecule has 118 valence electrons. The highest BCUT2D eigenvalue weighted by Crippen LogP contribution is 2.21. The quantitative estimate of drug-likeness (QED) is 0.841. The fourth-order valence-electron chi connectivity index (χ4n) is 3.00. The Hall–Kier alpha value is -1.33. The van der Waals surface area contributed by atoms with Crippen molar-refractivity contribution in [1.82, 2.24) is 10.2 Å². The summed E-state index contributed by atoms with van der Waals surface area (Å²) in [6, 6.07) is 4.12. The third-order valence-electron chi connectivity index (χ3n) is 4.33. The Morgan fingerprint density at radius 1 is 1.43 bits per heavy atom. The monoisotopic (exact) mass is 294 g/mol. The average Bonchev–Trinajstić information content (AvgIpc) is 3.00. The molecule has 0 radical (unpaired) electrons. The van der Waals surface area contributed by atoms with Crippen LogP contribution in [0.5, 0.6) is 0 Å². The zero-order valence-electron chi connectivity index (χ0n) is 13.0. The molecule has 2 rings (SSSR count). The largest absolute Gasteiger partial charge is 0.462 e. The van der Waals surface area contributed by atoms with E-state index in [1.165, 1.54) is 0 Å². The second-order valence-corrected chi connectivity index (χ2v) is 5.66. The van der Waals surface area contributed by atoms with Crippen LogP contribution in [0.25, 0.3) is 0 Å². The van der Waals surface area contributed by atoms with Crippen LogP contribution in [0.1, 0.15) is 44.6 Å². The van der Waals surface area contributed by atoms with Gasteiger partial charge in [0.05, 0.1) is 6.54 Å². The van der Waals surface area contributed by atoms with Gasteiger partial charge in [0.2, 0.25) is 5.91 Å². The molecule has 2 atom stereocenters. The molecule has 0 saturated carbocycles. The van der Waals surface area contributed by atoms with Gasteiger partial charge in [-0.25, -0.2) is 0 Å². The van der Waals surface area contributed by atoms with Crippen molar-refractivity contribution in [3.05, 3.63) is 23.7 Å². The molecule has 1 aliphatic rings. The number of carbonyl (C=O) groups excluding carboxylic acids is 1. The van der Waals surface area contributed by atoms with Crippen LogP contribution in [0.4, 0.5) is 0 Å². The normalized spacial score (nSPS) is 22.5. The molecule has 1 fully saturated rings. The standard InChI is InChI=1S/C16H26N2O3/c1-3-12-10-18(16(20)4-2)8-7-15(12)17-9-13-5-6-14(11-19)21-13/h5-6,12,15,17,19H,3-4,7-11H2,1-2H3/t12-,15-/m1/s1. The van der Waals surface area contributed by atoms with Gasteiger partial charge in [0, 0.05) is 25.6 Å². The Morgan fingerprint density at radius 2 is 2.19 bits per heavy atom. The van der Waals surface area contributed by atoms with Gasteiger partial charge in [-0.1, -0.05) is 20.3 Å². The Morgan fingerprint density at radius 3 is 2.81 bits per heavy atom. The molecule has 1 aliphatic heterocycles. The number of furan rings is 1. The van der Waals surface area contributed by atoms with E-state index in [2.05, 4.69) is 12.2 Å². The van der Waals surface area contributed by atoms with Gasteiger partial charge in [0.25, 0.3) is 0 Å². The number of nitrogens with zero attached hydrogens (tertiary/aromatic N) is 1. The molecule has 1 saturated heterocycles. The first-order chi connectivity index (χ1) is 10.2. The SMILES string of the molecule is CCC(=O)N1CC[C@@H](NCc2ccc(CO)o2)[C@H](CC)C1. The second kappa shape index (κ2) is 7.61. The van der Waals surface area contributed by atoms with Crippen LogP contribution in [0.3, 0.4) is 0 Å². The molecule has 0 aliphatic carbocycles. The third-order valence-corrected chi connectivity index (χ3v) is 4.33. The fraction of sp³-hybridized carbons (Fsp3) is 0.688. The molecule has 0 aromatic carbocycles. The molecule has 1 aromatic heterocycles. The Kier molecular flexibility index (Phi) is 5.82. The molecule has 5 heteroatoms. The van der Waals surface area contributed by atoms with Crippen LogP contribution in [0, 0.1) is 5.92 Å². The van der Waals surface area contributed by atoms with E-state index >= 15 is 0 Å². The number of rotatable bonds is 6.